The topological polar surface area (TPSA) is 183 Å². The van der Waals surface area contributed by atoms with E-state index >= 15 is 0 Å². The monoisotopic (exact) mass is 1090 g/mol. The number of hydrogen-bond acceptors (Lipinski definition) is 20. The number of thioether (sulfide) groups is 4. The maximum Gasteiger partial charge on any atom is 1.00 e. The minimum atomic E-state index is -3.64. The smallest absolute Gasteiger partial charge is 0.813 e. The van der Waals surface area contributed by atoms with Crippen LogP contribution in [0.15, 0.2) is 65.6 Å². The van der Waals surface area contributed by atoms with Crippen LogP contribution < -0.4 is 51.4 Å². The molecule has 0 fully saturated rings. The Kier molecular flexibility index (Phi) is 71.6. The predicted octanol–water partition coefficient (Wildman–Crippen LogP) is 5.23. The Morgan fingerprint density at radius 3 is 1.22 bits per heavy atom. The van der Waals surface area contributed by atoms with Crippen molar-refractivity contribution in [2.24, 2.45) is 0 Å². The normalized spacial score (nSPS) is 9.58. The van der Waals surface area contributed by atoms with E-state index in [2.05, 4.69) is 45.0 Å². The fraction of sp³-hybridized carbons (Fsp3) is 0.581. The van der Waals surface area contributed by atoms with Gasteiger partial charge < -0.3 is 37.2 Å². The van der Waals surface area contributed by atoms with Gasteiger partial charge in [-0.25, -0.2) is 0 Å². The molecule has 0 atom stereocenters. The van der Waals surface area contributed by atoms with Gasteiger partial charge in [-0.2, -0.15) is 40.6 Å². The maximum absolute atomic E-state index is 11.7. The van der Waals surface area contributed by atoms with Crippen LogP contribution in [0.2, 0.25) is 0 Å². The number of carbonyl (C=O) groups is 5. The van der Waals surface area contributed by atoms with Gasteiger partial charge in [0.25, 0.3) is 10.1 Å². The third-order valence-electron chi connectivity index (χ3n) is 5.88. The molecule has 65 heavy (non-hydrogen) atoms. The molecule has 0 aliphatic heterocycles. The molecule has 0 saturated heterocycles. The molecule has 1 rings (SSSR count). The Morgan fingerprint density at radius 1 is 0.600 bits per heavy atom. The van der Waals surface area contributed by atoms with Crippen LogP contribution in [0.1, 0.15) is 67.4 Å². The summed E-state index contributed by atoms with van der Waals surface area (Å²) in [5.74, 6) is 4.28. The molecule has 0 spiro atoms. The van der Waals surface area contributed by atoms with Crippen LogP contribution in [0.5, 0.6) is 0 Å². The van der Waals surface area contributed by atoms with Crippen LogP contribution in [-0.2, 0) is 75.5 Å². The van der Waals surface area contributed by atoms with Crippen LogP contribution in [0.3, 0.4) is 0 Å². The van der Waals surface area contributed by atoms with E-state index in [-0.39, 0.29) is 103 Å². The van der Waals surface area contributed by atoms with Crippen LogP contribution in [0, 0.1) is 6.92 Å². The molecule has 13 nitrogen and oxygen atoms in total. The van der Waals surface area contributed by atoms with Crippen molar-refractivity contribution in [1.82, 2.24) is 0 Å². The molecule has 0 amide bonds. The van der Waals surface area contributed by atoms with Crippen molar-refractivity contribution in [3.63, 3.8) is 0 Å². The average Bonchev–Trinajstić information content (AvgIpc) is 3.21. The van der Waals surface area contributed by atoms with Crippen LogP contribution in [0.25, 0.3) is 0 Å². The van der Waals surface area contributed by atoms with Gasteiger partial charge in [0.2, 0.25) is 10.2 Å². The summed E-state index contributed by atoms with van der Waals surface area (Å²) in [6.07, 6.45) is 2.41. The second-order valence-electron chi connectivity index (χ2n) is 12.0. The predicted molar refractivity (Wildman–Crippen MR) is 282 cm³/mol. The molecule has 0 aliphatic rings. The Labute approximate surface area is 468 Å². The van der Waals surface area contributed by atoms with Crippen molar-refractivity contribution in [2.75, 3.05) is 94.0 Å². The SMILES string of the molecule is C=C(C)C(=O)SCCOCCSC(=O)C(=C)C.C=C(C)C(C)=O.CC(=O)SCCOCCSC(C)=O.CCCOCCOS(=O)(=O)c1ccc(C)cc1.C[C-]=O.SCCOCCS.[K+].[SH-]. The summed E-state index contributed by atoms with van der Waals surface area (Å²) >= 11 is 12.8. The quantitative estimate of drug-likeness (QED) is 0.0234. The van der Waals surface area contributed by atoms with E-state index < -0.39 is 10.1 Å². The minimum Gasteiger partial charge on any atom is -0.813 e. The molecule has 372 valence electrons. The molecular formula is C43H72KO13S8-. The van der Waals surface area contributed by atoms with Gasteiger partial charge in [-0.15, -0.1) is 0 Å². The molecule has 1 aromatic carbocycles. The van der Waals surface area contributed by atoms with Gasteiger partial charge >= 0.3 is 51.4 Å². The summed E-state index contributed by atoms with van der Waals surface area (Å²) in [4.78, 5) is 62.2. The summed E-state index contributed by atoms with van der Waals surface area (Å²) in [7, 11) is -3.64. The summed E-state index contributed by atoms with van der Waals surface area (Å²) in [5, 5.41) is 0.226. The van der Waals surface area contributed by atoms with Crippen molar-refractivity contribution in [3.05, 3.63) is 66.3 Å². The summed E-state index contributed by atoms with van der Waals surface area (Å²) in [6.45, 7) is 30.0. The first-order valence-electron chi connectivity index (χ1n) is 19.5. The third-order valence-corrected chi connectivity index (χ3v) is 11.1. The molecule has 0 saturated carbocycles. The van der Waals surface area contributed by atoms with Gasteiger partial charge in [0.1, 0.15) is 0 Å². The molecule has 0 radical (unpaired) electrons. The van der Waals surface area contributed by atoms with Crippen LogP contribution >= 0.6 is 72.3 Å². The van der Waals surface area contributed by atoms with Crippen molar-refractivity contribution in [2.45, 2.75) is 73.6 Å². The summed E-state index contributed by atoms with van der Waals surface area (Å²) in [5.41, 5.74) is 2.74. The van der Waals surface area contributed by atoms with E-state index in [0.717, 1.165) is 36.7 Å². The Hall–Kier alpha value is 0.296. The van der Waals surface area contributed by atoms with Gasteiger partial charge in [0, 0.05) is 55.0 Å². The van der Waals surface area contributed by atoms with Gasteiger partial charge in [-0.05, 0) is 69.9 Å². The molecule has 0 bridgehead atoms. The number of Topliss-reactive ketones (excluding diaryl/α,β-unsaturated/α-hetero) is 1. The van der Waals surface area contributed by atoms with Crippen molar-refractivity contribution in [1.29, 1.82) is 0 Å². The first-order valence-corrected chi connectivity index (χ1v) is 26.1. The molecule has 0 aromatic heterocycles. The summed E-state index contributed by atoms with van der Waals surface area (Å²) in [6, 6.07) is 6.56. The third kappa shape index (κ3) is 68.6. The zero-order valence-electron chi connectivity index (χ0n) is 39.9. The van der Waals surface area contributed by atoms with Crippen LogP contribution in [0.4, 0.5) is 0 Å². The van der Waals surface area contributed by atoms with Crippen molar-refractivity contribution < 1.29 is 112 Å². The van der Waals surface area contributed by atoms with E-state index in [4.69, 9.17) is 27.9 Å². The van der Waals surface area contributed by atoms with Crippen molar-refractivity contribution in [3.8, 4) is 0 Å². The number of thiol groups is 3. The number of hydrogen-bond donors (Lipinski definition) is 2. The van der Waals surface area contributed by atoms with Crippen molar-refractivity contribution >= 4 is 128 Å². The first-order chi connectivity index (χ1) is 29.6. The van der Waals surface area contributed by atoms with E-state index in [1.807, 2.05) is 13.8 Å². The molecule has 0 unspecified atom stereocenters. The molecular weight excluding hydrogens is 1020 g/mol. The minimum absolute atomic E-state index is 0. The van der Waals surface area contributed by atoms with Gasteiger partial charge in [-0.3, -0.25) is 34.4 Å². The largest absolute Gasteiger partial charge is 1.00 e. The fourth-order valence-corrected chi connectivity index (χ4v) is 6.17. The van der Waals surface area contributed by atoms with E-state index in [1.54, 1.807) is 32.9 Å². The number of allylic oxidation sites excluding steroid dienone is 1. The molecule has 0 N–H and O–H groups in total. The van der Waals surface area contributed by atoms with E-state index in [1.165, 1.54) is 93.2 Å². The molecule has 0 heterocycles. The average molecular weight is 1090 g/mol. The van der Waals surface area contributed by atoms with Gasteiger partial charge in [-0.1, -0.05) is 91.4 Å². The number of benzene rings is 1. The maximum atomic E-state index is 11.7. The van der Waals surface area contributed by atoms with E-state index in [9.17, 15) is 32.4 Å². The number of rotatable bonds is 26. The Bertz CT molecular complexity index is 1470. The Balaban J connectivity index is -0.000000132. The number of carbonyl (C=O) groups excluding carboxylic acids is 6. The fourth-order valence-electron chi connectivity index (χ4n) is 2.78. The zero-order valence-corrected chi connectivity index (χ0v) is 49.8. The Morgan fingerprint density at radius 2 is 0.923 bits per heavy atom. The molecule has 1 aromatic rings. The second-order valence-corrected chi connectivity index (χ2v) is 19.2. The standard InChI is InChI=1S/C12H18O4S.C12H18O3S2.C8H14O3S2.C5H8O.C4H10OS2.C2H3O.K.H2S/c1-3-8-15-9-10-16-17(13,14)12-6-4-11(2)5-7-12;1-9(2)11(13)16-7-5-15-6-8-17-12(14)10(3)4;1-7(9)12-5-3-11-4-6-13-8(2)10;1-4(2)5(3)6;6-3-1-5-2-4-7;1-2-3;;/h4-7H,3,8-10H2,1-2H3;1,3,5-8H2,2,4H3;3-6H2,1-2H3;1H2,2-3H3;6-7H,1-4H2;1H3;;1H2/q;;;;;-1;+1;/p-1. The molecule has 0 aliphatic carbocycles. The van der Waals surface area contributed by atoms with E-state index in [0.29, 0.717) is 79.4 Å². The summed E-state index contributed by atoms with van der Waals surface area (Å²) < 4.78 is 48.8. The van der Waals surface area contributed by atoms with Gasteiger partial charge in [0.05, 0.1) is 57.8 Å². The zero-order chi connectivity index (χ0) is 49.5. The second kappa shape index (κ2) is 58.6. The first kappa shape index (κ1) is 79.4. The number of aryl methyl sites for hydroxylation is 1. The molecule has 22 heteroatoms. The number of ether oxygens (including phenoxy) is 4. The van der Waals surface area contributed by atoms with Gasteiger partial charge in [0.15, 0.2) is 16.0 Å². The number of ketones is 1. The van der Waals surface area contributed by atoms with Crippen LogP contribution in [-0.4, -0.2) is 135 Å².